The first kappa shape index (κ1) is 13.2. The number of amides is 1. The Bertz CT molecular complexity index is 808. The highest BCUT2D eigenvalue weighted by molar-refractivity contribution is 6.06. The molecule has 0 radical (unpaired) electrons. The van der Waals surface area contributed by atoms with Gasteiger partial charge < -0.3 is 14.6 Å². The first-order valence-corrected chi connectivity index (χ1v) is 6.54. The largest absolute Gasteiger partial charge is 0.497 e. The van der Waals surface area contributed by atoms with Crippen molar-refractivity contribution in [1.29, 1.82) is 0 Å². The molecule has 0 aliphatic rings. The van der Waals surface area contributed by atoms with E-state index < -0.39 is 0 Å². The Morgan fingerprint density at radius 2 is 2.10 bits per heavy atom. The van der Waals surface area contributed by atoms with Crippen molar-refractivity contribution in [3.8, 4) is 5.75 Å². The first-order valence-electron chi connectivity index (χ1n) is 6.54. The van der Waals surface area contributed by atoms with Crippen molar-refractivity contribution in [1.82, 2.24) is 9.55 Å². The molecule has 1 N–H and O–H groups in total. The Morgan fingerprint density at radius 3 is 2.90 bits per heavy atom. The fourth-order valence-electron chi connectivity index (χ4n) is 2.18. The molecular weight excluding hydrogens is 266 g/mol. The lowest BCUT2D eigenvalue weighted by Gasteiger charge is -2.07. The summed E-state index contributed by atoms with van der Waals surface area (Å²) in [5, 5.41) is 2.85. The Kier molecular flexibility index (Phi) is 3.31. The van der Waals surface area contributed by atoms with Crippen molar-refractivity contribution >= 4 is 22.6 Å². The average molecular weight is 281 g/mol. The molecule has 1 amide bonds. The van der Waals surface area contributed by atoms with E-state index in [0.29, 0.717) is 17.0 Å². The number of benzene rings is 2. The molecule has 1 aromatic heterocycles. The van der Waals surface area contributed by atoms with E-state index in [1.807, 2.05) is 35.9 Å². The first-order chi connectivity index (χ1) is 10.2. The number of aromatic nitrogens is 2. The van der Waals surface area contributed by atoms with E-state index in [1.54, 1.807) is 31.6 Å². The minimum atomic E-state index is -0.171. The summed E-state index contributed by atoms with van der Waals surface area (Å²) in [6, 6.07) is 12.7. The van der Waals surface area contributed by atoms with Crippen LogP contribution in [-0.2, 0) is 7.05 Å². The van der Waals surface area contributed by atoms with Gasteiger partial charge in [-0.2, -0.15) is 0 Å². The van der Waals surface area contributed by atoms with E-state index >= 15 is 0 Å². The van der Waals surface area contributed by atoms with Crippen LogP contribution in [0.25, 0.3) is 11.0 Å². The number of carbonyl (C=O) groups excluding carboxylic acids is 1. The molecule has 21 heavy (non-hydrogen) atoms. The van der Waals surface area contributed by atoms with E-state index in [0.717, 1.165) is 11.0 Å². The van der Waals surface area contributed by atoms with Crippen LogP contribution in [0.1, 0.15) is 10.4 Å². The number of nitrogens with zero attached hydrogens (tertiary/aromatic N) is 2. The zero-order valence-electron chi connectivity index (χ0n) is 11.8. The maximum atomic E-state index is 12.3. The molecule has 0 fully saturated rings. The van der Waals surface area contributed by atoms with Gasteiger partial charge in [-0.3, -0.25) is 4.79 Å². The number of imidazole rings is 1. The molecule has 0 saturated carbocycles. The van der Waals surface area contributed by atoms with Crippen molar-refractivity contribution in [2.75, 3.05) is 12.4 Å². The van der Waals surface area contributed by atoms with Gasteiger partial charge in [-0.1, -0.05) is 6.07 Å². The van der Waals surface area contributed by atoms with E-state index in [9.17, 15) is 4.79 Å². The van der Waals surface area contributed by atoms with Crippen molar-refractivity contribution in [3.63, 3.8) is 0 Å². The van der Waals surface area contributed by atoms with Crippen LogP contribution < -0.4 is 10.1 Å². The fraction of sp³-hybridized carbons (Fsp3) is 0.125. The van der Waals surface area contributed by atoms with Gasteiger partial charge in [0.05, 0.1) is 24.5 Å². The van der Waals surface area contributed by atoms with Gasteiger partial charge in [0.25, 0.3) is 5.91 Å². The highest BCUT2D eigenvalue weighted by atomic mass is 16.5. The second-order valence-electron chi connectivity index (χ2n) is 4.75. The van der Waals surface area contributed by atoms with Crippen LogP contribution in [0, 0.1) is 0 Å². The molecule has 3 aromatic rings. The van der Waals surface area contributed by atoms with Gasteiger partial charge in [-0.25, -0.2) is 4.98 Å². The molecule has 0 aliphatic carbocycles. The Hall–Kier alpha value is -2.82. The number of rotatable bonds is 3. The number of carbonyl (C=O) groups is 1. The van der Waals surface area contributed by atoms with Crippen LogP contribution in [0.2, 0.25) is 0 Å². The van der Waals surface area contributed by atoms with Crippen LogP contribution >= 0.6 is 0 Å². The molecule has 0 spiro atoms. The molecule has 5 nitrogen and oxygen atoms in total. The lowest BCUT2D eigenvalue weighted by atomic mass is 10.2. The molecule has 1 heterocycles. The number of nitrogens with one attached hydrogen (secondary N) is 1. The van der Waals surface area contributed by atoms with Crippen molar-refractivity contribution in [2.45, 2.75) is 0 Å². The number of aryl methyl sites for hydroxylation is 1. The predicted molar refractivity (Wildman–Crippen MR) is 81.7 cm³/mol. The predicted octanol–water partition coefficient (Wildman–Crippen LogP) is 2.83. The second kappa shape index (κ2) is 5.28. The van der Waals surface area contributed by atoms with E-state index in [-0.39, 0.29) is 5.91 Å². The zero-order chi connectivity index (χ0) is 14.8. The summed E-state index contributed by atoms with van der Waals surface area (Å²) in [4.78, 5) is 16.5. The summed E-state index contributed by atoms with van der Waals surface area (Å²) >= 11 is 0. The van der Waals surface area contributed by atoms with Crippen molar-refractivity contribution in [2.24, 2.45) is 7.05 Å². The summed E-state index contributed by atoms with van der Waals surface area (Å²) < 4.78 is 7.05. The molecule has 2 aromatic carbocycles. The van der Waals surface area contributed by atoms with Crippen LogP contribution in [0.15, 0.2) is 48.8 Å². The highest BCUT2D eigenvalue weighted by Gasteiger charge is 2.09. The summed E-state index contributed by atoms with van der Waals surface area (Å²) in [6.45, 7) is 0. The summed E-state index contributed by atoms with van der Waals surface area (Å²) in [6.07, 6.45) is 1.73. The number of hydrogen-bond acceptors (Lipinski definition) is 3. The normalized spacial score (nSPS) is 10.6. The van der Waals surface area contributed by atoms with Crippen LogP contribution in [0.3, 0.4) is 0 Å². The summed E-state index contributed by atoms with van der Waals surface area (Å²) in [7, 11) is 3.52. The van der Waals surface area contributed by atoms with Gasteiger partial charge in [0.1, 0.15) is 5.75 Å². The van der Waals surface area contributed by atoms with Gasteiger partial charge >= 0.3 is 0 Å². The van der Waals surface area contributed by atoms with Gasteiger partial charge in [-0.05, 0) is 30.3 Å². The number of methoxy groups -OCH3 is 1. The van der Waals surface area contributed by atoms with Gasteiger partial charge in [0, 0.05) is 24.4 Å². The van der Waals surface area contributed by atoms with Gasteiger partial charge in [0.2, 0.25) is 0 Å². The van der Waals surface area contributed by atoms with Crippen LogP contribution in [0.5, 0.6) is 5.75 Å². The maximum absolute atomic E-state index is 12.3. The molecule has 106 valence electrons. The SMILES string of the molecule is COc1cccc(NC(=O)c2ccc3c(c2)ncn3C)c1. The molecule has 0 unspecified atom stereocenters. The smallest absolute Gasteiger partial charge is 0.255 e. The zero-order valence-corrected chi connectivity index (χ0v) is 11.8. The third-order valence-electron chi connectivity index (χ3n) is 3.32. The minimum absolute atomic E-state index is 0.171. The monoisotopic (exact) mass is 281 g/mol. The van der Waals surface area contributed by atoms with Crippen LogP contribution in [0.4, 0.5) is 5.69 Å². The molecule has 3 rings (SSSR count). The van der Waals surface area contributed by atoms with E-state index in [2.05, 4.69) is 10.3 Å². The second-order valence-corrected chi connectivity index (χ2v) is 4.75. The minimum Gasteiger partial charge on any atom is -0.497 e. The van der Waals surface area contributed by atoms with Crippen LogP contribution in [-0.4, -0.2) is 22.6 Å². The third kappa shape index (κ3) is 2.58. The number of fused-ring (bicyclic) bond motifs is 1. The summed E-state index contributed by atoms with van der Waals surface area (Å²) in [5.74, 6) is 0.531. The maximum Gasteiger partial charge on any atom is 0.255 e. The Labute approximate surface area is 122 Å². The van der Waals surface area contributed by atoms with Crippen molar-refractivity contribution in [3.05, 3.63) is 54.4 Å². The number of hydrogen-bond donors (Lipinski definition) is 1. The van der Waals surface area contributed by atoms with Crippen molar-refractivity contribution < 1.29 is 9.53 Å². The van der Waals surface area contributed by atoms with E-state index in [1.165, 1.54) is 0 Å². The standard InChI is InChI=1S/C16H15N3O2/c1-19-10-17-14-8-11(6-7-15(14)19)16(20)18-12-4-3-5-13(9-12)21-2/h3-10H,1-2H3,(H,18,20). The Balaban J connectivity index is 1.86. The topological polar surface area (TPSA) is 56.1 Å². The molecule has 5 heteroatoms. The molecule has 0 atom stereocenters. The third-order valence-corrected chi connectivity index (χ3v) is 3.32. The highest BCUT2D eigenvalue weighted by Crippen LogP contribution is 2.19. The van der Waals surface area contributed by atoms with Gasteiger partial charge in [0.15, 0.2) is 0 Å². The Morgan fingerprint density at radius 1 is 1.24 bits per heavy atom. The molecular formula is C16H15N3O2. The molecule has 0 saturated heterocycles. The molecule has 0 aliphatic heterocycles. The number of anilines is 1. The quantitative estimate of drug-likeness (QED) is 0.803. The molecule has 0 bridgehead atoms. The number of ether oxygens (including phenoxy) is 1. The fourth-order valence-corrected chi connectivity index (χ4v) is 2.18. The lowest BCUT2D eigenvalue weighted by Crippen LogP contribution is -2.11. The summed E-state index contributed by atoms with van der Waals surface area (Å²) in [5.41, 5.74) is 3.06. The lowest BCUT2D eigenvalue weighted by molar-refractivity contribution is 0.102. The van der Waals surface area contributed by atoms with E-state index in [4.69, 9.17) is 4.74 Å². The van der Waals surface area contributed by atoms with Gasteiger partial charge in [-0.15, -0.1) is 0 Å². The average Bonchev–Trinajstić information content (AvgIpc) is 2.88.